The summed E-state index contributed by atoms with van der Waals surface area (Å²) in [6, 6.07) is 3.32. The van der Waals surface area contributed by atoms with Crippen LogP contribution in [-0.4, -0.2) is 24.2 Å². The Balaban J connectivity index is 1.78. The van der Waals surface area contributed by atoms with Gasteiger partial charge in [0.05, 0.1) is 6.10 Å². The lowest BCUT2D eigenvalue weighted by molar-refractivity contribution is 0.185. The molecule has 1 saturated carbocycles. The van der Waals surface area contributed by atoms with Crippen molar-refractivity contribution >= 4 is 10.9 Å². The van der Waals surface area contributed by atoms with Crippen LogP contribution in [0.2, 0.25) is 0 Å². The van der Waals surface area contributed by atoms with Crippen LogP contribution in [0.4, 0.5) is 4.39 Å². The highest BCUT2D eigenvalue weighted by atomic mass is 19.1. The van der Waals surface area contributed by atoms with E-state index in [1.165, 1.54) is 31.2 Å². The fraction of sp³-hybridized carbons (Fsp3) is 0.571. The molecule has 134 valence electrons. The van der Waals surface area contributed by atoms with Gasteiger partial charge in [-0.2, -0.15) is 0 Å². The zero-order valence-corrected chi connectivity index (χ0v) is 15.0. The zero-order valence-electron chi connectivity index (χ0n) is 15.0. The van der Waals surface area contributed by atoms with Crippen molar-refractivity contribution in [3.8, 4) is 5.75 Å². The van der Waals surface area contributed by atoms with E-state index in [2.05, 4.69) is 5.32 Å². The third-order valence-electron chi connectivity index (χ3n) is 5.70. The summed E-state index contributed by atoms with van der Waals surface area (Å²) >= 11 is 0. The largest absolute Gasteiger partial charge is 0.488 e. The lowest BCUT2D eigenvalue weighted by Crippen LogP contribution is -2.16. The molecule has 1 aromatic heterocycles. The third-order valence-corrected chi connectivity index (χ3v) is 5.70. The van der Waals surface area contributed by atoms with Gasteiger partial charge in [0.15, 0.2) is 0 Å². The lowest BCUT2D eigenvalue weighted by atomic mass is 9.98. The topological polar surface area (TPSA) is 34.1 Å². The van der Waals surface area contributed by atoms with Crippen molar-refractivity contribution in [3.05, 3.63) is 34.8 Å². The predicted molar refractivity (Wildman–Crippen MR) is 98.8 cm³/mol. The number of fused-ring (bicyclic) bond motifs is 2. The van der Waals surface area contributed by atoms with Crippen LogP contribution < -0.4 is 10.1 Å². The molecule has 1 N–H and O–H groups in total. The minimum atomic E-state index is -0.187. The molecule has 2 aliphatic rings. The molecule has 0 radical (unpaired) electrons. The molecule has 2 aromatic rings. The second-order valence-corrected chi connectivity index (χ2v) is 7.41. The first-order chi connectivity index (χ1) is 12.2. The summed E-state index contributed by atoms with van der Waals surface area (Å²) in [6.07, 6.45) is 9.25. The highest BCUT2D eigenvalue weighted by molar-refractivity contribution is 5.89. The van der Waals surface area contributed by atoms with Crippen molar-refractivity contribution in [3.63, 3.8) is 0 Å². The Kier molecular flexibility index (Phi) is 4.89. The number of nitrogens with one attached hydrogen (secondary N) is 1. The number of aryl methyl sites for hydroxylation is 1. The summed E-state index contributed by atoms with van der Waals surface area (Å²) < 4.78 is 21.0. The van der Waals surface area contributed by atoms with Crippen LogP contribution in [0.15, 0.2) is 12.1 Å². The average molecular weight is 342 g/mol. The average Bonchev–Trinajstić information content (AvgIpc) is 3.00. The summed E-state index contributed by atoms with van der Waals surface area (Å²) in [4.78, 5) is 4.88. The van der Waals surface area contributed by atoms with Crippen LogP contribution in [0.5, 0.6) is 5.75 Å². The molecule has 2 heterocycles. The second-order valence-electron chi connectivity index (χ2n) is 7.41. The summed E-state index contributed by atoms with van der Waals surface area (Å²) in [5.74, 6) is 0.569. The fourth-order valence-corrected chi connectivity index (χ4v) is 4.30. The number of pyridine rings is 1. The molecule has 0 bridgehead atoms. The van der Waals surface area contributed by atoms with Gasteiger partial charge in [0.2, 0.25) is 0 Å². The van der Waals surface area contributed by atoms with E-state index in [-0.39, 0.29) is 11.9 Å². The molecule has 0 atom stereocenters. The van der Waals surface area contributed by atoms with Crippen molar-refractivity contribution in [1.29, 1.82) is 0 Å². The van der Waals surface area contributed by atoms with Crippen LogP contribution in [0, 0.1) is 12.7 Å². The summed E-state index contributed by atoms with van der Waals surface area (Å²) in [5.41, 5.74) is 4.06. The molecule has 1 aliphatic carbocycles. The predicted octanol–water partition coefficient (Wildman–Crippen LogP) is 4.47. The SMILES string of the molecule is Cc1c2c(nc3c(OC4CCCCCC4)ccc(F)c13)CCNCC2. The molecule has 1 fully saturated rings. The number of rotatable bonds is 2. The fourth-order valence-electron chi connectivity index (χ4n) is 4.30. The Morgan fingerprint density at radius 3 is 2.64 bits per heavy atom. The number of aromatic nitrogens is 1. The quantitative estimate of drug-likeness (QED) is 0.818. The van der Waals surface area contributed by atoms with Gasteiger partial charge in [-0.25, -0.2) is 9.37 Å². The highest BCUT2D eigenvalue weighted by Crippen LogP contribution is 2.34. The molecule has 25 heavy (non-hydrogen) atoms. The number of halogens is 1. The molecular weight excluding hydrogens is 315 g/mol. The molecule has 4 rings (SSSR count). The highest BCUT2D eigenvalue weighted by Gasteiger charge is 2.21. The molecule has 0 amide bonds. The Morgan fingerprint density at radius 2 is 1.84 bits per heavy atom. The van der Waals surface area contributed by atoms with Gasteiger partial charge >= 0.3 is 0 Å². The van der Waals surface area contributed by atoms with Crippen molar-refractivity contribution in [2.24, 2.45) is 0 Å². The number of benzene rings is 1. The van der Waals surface area contributed by atoms with E-state index in [1.54, 1.807) is 12.1 Å². The molecule has 4 heteroatoms. The molecule has 0 saturated heterocycles. The standard InChI is InChI=1S/C21H27FN2O/c1-14-16-10-12-23-13-11-18(16)24-21-19(9-8-17(22)20(14)21)25-15-6-4-2-3-5-7-15/h8-9,15,23H,2-7,10-13H2,1H3. The van der Waals surface area contributed by atoms with E-state index in [0.717, 1.165) is 55.8 Å². The molecule has 3 nitrogen and oxygen atoms in total. The number of hydrogen-bond acceptors (Lipinski definition) is 3. The Bertz CT molecular complexity index is 766. The minimum absolute atomic E-state index is 0.187. The Labute approximate surface area is 149 Å². The number of hydrogen-bond donors (Lipinski definition) is 1. The van der Waals surface area contributed by atoms with E-state index >= 15 is 0 Å². The number of nitrogens with zero attached hydrogens (tertiary/aromatic N) is 1. The second kappa shape index (κ2) is 7.28. The van der Waals surface area contributed by atoms with Crippen LogP contribution in [0.3, 0.4) is 0 Å². The van der Waals surface area contributed by atoms with Gasteiger partial charge in [-0.15, -0.1) is 0 Å². The summed E-state index contributed by atoms with van der Waals surface area (Å²) in [6.45, 7) is 3.90. The van der Waals surface area contributed by atoms with Crippen LogP contribution in [0.25, 0.3) is 10.9 Å². The van der Waals surface area contributed by atoms with Crippen molar-refractivity contribution in [2.45, 2.75) is 64.4 Å². The van der Waals surface area contributed by atoms with Gasteiger partial charge in [0.1, 0.15) is 17.1 Å². The third kappa shape index (κ3) is 3.37. The first-order valence-electron chi connectivity index (χ1n) is 9.72. The molecule has 0 unspecified atom stereocenters. The summed E-state index contributed by atoms with van der Waals surface area (Å²) in [7, 11) is 0. The molecule has 1 aromatic carbocycles. The van der Waals surface area contributed by atoms with Crippen molar-refractivity contribution in [2.75, 3.05) is 13.1 Å². The Morgan fingerprint density at radius 1 is 1.08 bits per heavy atom. The van der Waals surface area contributed by atoms with Crippen LogP contribution >= 0.6 is 0 Å². The van der Waals surface area contributed by atoms with E-state index < -0.39 is 0 Å². The normalized spacial score (nSPS) is 19.3. The lowest BCUT2D eigenvalue weighted by Gasteiger charge is -2.20. The van der Waals surface area contributed by atoms with Gasteiger partial charge in [0.25, 0.3) is 0 Å². The first kappa shape index (κ1) is 16.8. The van der Waals surface area contributed by atoms with Crippen molar-refractivity contribution < 1.29 is 9.13 Å². The Hall–Kier alpha value is -1.68. The van der Waals surface area contributed by atoms with Gasteiger partial charge < -0.3 is 10.1 Å². The van der Waals surface area contributed by atoms with E-state index in [1.807, 2.05) is 6.92 Å². The summed E-state index contributed by atoms with van der Waals surface area (Å²) in [5, 5.41) is 4.06. The van der Waals surface area contributed by atoms with E-state index in [9.17, 15) is 4.39 Å². The van der Waals surface area contributed by atoms with Gasteiger partial charge in [0, 0.05) is 24.0 Å². The maximum atomic E-state index is 14.6. The molecule has 0 spiro atoms. The van der Waals surface area contributed by atoms with Crippen LogP contribution in [-0.2, 0) is 12.8 Å². The maximum absolute atomic E-state index is 14.6. The molecule has 1 aliphatic heterocycles. The van der Waals surface area contributed by atoms with Gasteiger partial charge in [-0.1, -0.05) is 12.8 Å². The zero-order chi connectivity index (χ0) is 17.2. The monoisotopic (exact) mass is 342 g/mol. The van der Waals surface area contributed by atoms with E-state index in [0.29, 0.717) is 10.9 Å². The number of ether oxygens (including phenoxy) is 1. The van der Waals surface area contributed by atoms with Crippen molar-refractivity contribution in [1.82, 2.24) is 10.3 Å². The van der Waals surface area contributed by atoms with Gasteiger partial charge in [-0.3, -0.25) is 0 Å². The smallest absolute Gasteiger partial charge is 0.146 e. The minimum Gasteiger partial charge on any atom is -0.488 e. The van der Waals surface area contributed by atoms with Gasteiger partial charge in [-0.05, 0) is 68.8 Å². The van der Waals surface area contributed by atoms with Crippen LogP contribution in [0.1, 0.15) is 55.3 Å². The van der Waals surface area contributed by atoms with E-state index in [4.69, 9.17) is 9.72 Å². The first-order valence-corrected chi connectivity index (χ1v) is 9.72. The molecular formula is C21H27FN2O. The maximum Gasteiger partial charge on any atom is 0.146 e.